The highest BCUT2D eigenvalue weighted by Crippen LogP contribution is 1.93. The van der Waals surface area contributed by atoms with Crippen LogP contribution in [0.5, 0.6) is 0 Å². The van der Waals surface area contributed by atoms with Gasteiger partial charge in [-0.05, 0) is 13.0 Å². The molecule has 0 aliphatic heterocycles. The molecule has 1 N–H and O–H groups in total. The van der Waals surface area contributed by atoms with Gasteiger partial charge in [-0.25, -0.2) is 13.1 Å². The quantitative estimate of drug-likeness (QED) is 0.750. The number of aromatic nitrogens is 2. The molecule has 0 aliphatic carbocycles. The van der Waals surface area contributed by atoms with Gasteiger partial charge in [-0.2, -0.15) is 10.4 Å². The predicted octanol–water partition coefficient (Wildman–Crippen LogP) is -0.285. The van der Waals surface area contributed by atoms with Crippen molar-refractivity contribution in [3.05, 3.63) is 18.5 Å². The molecule has 1 rings (SSSR count). The van der Waals surface area contributed by atoms with E-state index in [1.165, 1.54) is 0 Å². The second-order valence-corrected chi connectivity index (χ2v) is 4.92. The lowest BCUT2D eigenvalue weighted by molar-refractivity contribution is 0.495. The van der Waals surface area contributed by atoms with Crippen molar-refractivity contribution in [3.8, 4) is 6.07 Å². The third-order valence-corrected chi connectivity index (χ3v) is 2.93. The van der Waals surface area contributed by atoms with Gasteiger partial charge in [0.05, 0.1) is 12.6 Å². The predicted molar refractivity (Wildman–Crippen MR) is 54.2 cm³/mol. The minimum atomic E-state index is -3.49. The minimum absolute atomic E-state index is 0.289. The molecule has 1 aromatic heterocycles. The maximum Gasteiger partial charge on any atom is 0.225 e. The van der Waals surface area contributed by atoms with Crippen LogP contribution in [0.3, 0.4) is 0 Å². The van der Waals surface area contributed by atoms with E-state index in [9.17, 15) is 8.42 Å². The SMILES string of the molecule is CC(Cn1cccn1)NS(=O)(=O)CC#N. The van der Waals surface area contributed by atoms with Crippen molar-refractivity contribution in [1.29, 1.82) is 5.26 Å². The fraction of sp³-hybridized carbons (Fsp3) is 0.500. The second-order valence-electron chi connectivity index (χ2n) is 3.16. The first-order valence-corrected chi connectivity index (χ1v) is 6.03. The molecule has 1 unspecified atom stereocenters. The molecule has 1 atom stereocenters. The van der Waals surface area contributed by atoms with Crippen molar-refractivity contribution < 1.29 is 8.42 Å². The number of hydrogen-bond donors (Lipinski definition) is 1. The zero-order valence-corrected chi connectivity index (χ0v) is 9.11. The van der Waals surface area contributed by atoms with Crippen LogP contribution in [0, 0.1) is 11.3 Å². The molecule has 0 saturated heterocycles. The summed E-state index contributed by atoms with van der Waals surface area (Å²) in [6.07, 6.45) is 3.37. The summed E-state index contributed by atoms with van der Waals surface area (Å²) >= 11 is 0. The first-order valence-electron chi connectivity index (χ1n) is 4.38. The molecule has 1 aromatic rings. The normalized spacial score (nSPS) is 13.3. The Morgan fingerprint density at radius 3 is 2.93 bits per heavy atom. The van der Waals surface area contributed by atoms with Crippen molar-refractivity contribution in [3.63, 3.8) is 0 Å². The fourth-order valence-electron chi connectivity index (χ4n) is 1.16. The van der Waals surface area contributed by atoms with E-state index >= 15 is 0 Å². The van der Waals surface area contributed by atoms with Gasteiger partial charge in [-0.15, -0.1) is 0 Å². The maximum atomic E-state index is 11.2. The molecular weight excluding hydrogens is 216 g/mol. The van der Waals surface area contributed by atoms with Crippen LogP contribution in [0.15, 0.2) is 18.5 Å². The Balaban J connectivity index is 2.50. The summed E-state index contributed by atoms with van der Waals surface area (Å²) in [5.74, 6) is -0.517. The van der Waals surface area contributed by atoms with Crippen LogP contribution in [0.1, 0.15) is 6.92 Å². The summed E-state index contributed by atoms with van der Waals surface area (Å²) in [5.41, 5.74) is 0. The van der Waals surface area contributed by atoms with Gasteiger partial charge in [0.1, 0.15) is 0 Å². The van der Waals surface area contributed by atoms with E-state index in [4.69, 9.17) is 5.26 Å². The summed E-state index contributed by atoms with van der Waals surface area (Å²) in [7, 11) is -3.49. The van der Waals surface area contributed by atoms with Crippen LogP contribution in [0.25, 0.3) is 0 Å². The molecule has 6 nitrogen and oxygen atoms in total. The molecule has 15 heavy (non-hydrogen) atoms. The Kier molecular flexibility index (Phi) is 3.82. The number of nitrogens with zero attached hydrogens (tertiary/aromatic N) is 3. The van der Waals surface area contributed by atoms with E-state index in [-0.39, 0.29) is 6.04 Å². The minimum Gasteiger partial charge on any atom is -0.271 e. The summed E-state index contributed by atoms with van der Waals surface area (Å²) in [6, 6.07) is 3.07. The number of hydrogen-bond acceptors (Lipinski definition) is 4. The van der Waals surface area contributed by atoms with Gasteiger partial charge in [0, 0.05) is 18.4 Å². The fourth-order valence-corrected chi connectivity index (χ4v) is 2.10. The highest BCUT2D eigenvalue weighted by atomic mass is 32.2. The Hall–Kier alpha value is -1.39. The van der Waals surface area contributed by atoms with E-state index in [0.717, 1.165) is 0 Å². The third kappa shape index (κ3) is 4.10. The standard InChI is InChI=1S/C8H12N4O2S/c1-8(7-12-5-2-4-10-12)11-15(13,14)6-3-9/h2,4-5,8,11H,6-7H2,1H3. The van der Waals surface area contributed by atoms with Crippen molar-refractivity contribution in [1.82, 2.24) is 14.5 Å². The van der Waals surface area contributed by atoms with Gasteiger partial charge in [-0.1, -0.05) is 0 Å². The lowest BCUT2D eigenvalue weighted by atomic mass is 10.4. The number of rotatable bonds is 5. The maximum absolute atomic E-state index is 11.2. The Labute approximate surface area is 88.6 Å². The van der Waals surface area contributed by atoms with Gasteiger partial charge < -0.3 is 0 Å². The van der Waals surface area contributed by atoms with E-state index in [1.807, 2.05) is 0 Å². The number of nitriles is 1. The summed E-state index contributed by atoms with van der Waals surface area (Å²) in [5, 5.41) is 12.2. The van der Waals surface area contributed by atoms with E-state index in [0.29, 0.717) is 6.54 Å². The molecule has 0 amide bonds. The lowest BCUT2D eigenvalue weighted by Crippen LogP contribution is -2.36. The lowest BCUT2D eigenvalue weighted by Gasteiger charge is -2.12. The Morgan fingerprint density at radius 1 is 1.67 bits per heavy atom. The summed E-state index contributed by atoms with van der Waals surface area (Å²) in [4.78, 5) is 0. The molecule has 0 aromatic carbocycles. The van der Waals surface area contributed by atoms with Crippen molar-refractivity contribution in [2.75, 3.05) is 5.75 Å². The molecule has 82 valence electrons. The summed E-state index contributed by atoms with van der Waals surface area (Å²) in [6.45, 7) is 2.16. The Morgan fingerprint density at radius 2 is 2.40 bits per heavy atom. The first-order chi connectivity index (χ1) is 7.03. The molecule has 1 heterocycles. The average molecular weight is 228 g/mol. The third-order valence-electron chi connectivity index (χ3n) is 1.66. The molecule has 0 fully saturated rings. The van der Waals surface area contributed by atoms with Crippen molar-refractivity contribution in [2.24, 2.45) is 0 Å². The van der Waals surface area contributed by atoms with Gasteiger partial charge in [-0.3, -0.25) is 4.68 Å². The number of nitrogens with one attached hydrogen (secondary N) is 1. The monoisotopic (exact) mass is 228 g/mol. The molecule has 0 spiro atoms. The molecule has 0 radical (unpaired) electrons. The molecule has 0 saturated carbocycles. The van der Waals surface area contributed by atoms with Gasteiger partial charge in [0.25, 0.3) is 0 Å². The van der Waals surface area contributed by atoms with Crippen molar-refractivity contribution in [2.45, 2.75) is 19.5 Å². The molecular formula is C8H12N4O2S. The van der Waals surface area contributed by atoms with Crippen LogP contribution in [0.4, 0.5) is 0 Å². The first kappa shape index (κ1) is 11.7. The van der Waals surface area contributed by atoms with Gasteiger partial charge >= 0.3 is 0 Å². The van der Waals surface area contributed by atoms with Crippen LogP contribution >= 0.6 is 0 Å². The number of sulfonamides is 1. The smallest absolute Gasteiger partial charge is 0.225 e. The van der Waals surface area contributed by atoms with Crippen LogP contribution in [-0.2, 0) is 16.6 Å². The Bertz CT molecular complexity index is 432. The second kappa shape index (κ2) is 4.91. The summed E-state index contributed by atoms with van der Waals surface area (Å²) < 4.78 is 26.4. The highest BCUT2D eigenvalue weighted by Gasteiger charge is 2.13. The zero-order chi connectivity index (χ0) is 11.3. The highest BCUT2D eigenvalue weighted by molar-refractivity contribution is 7.89. The van der Waals surface area contributed by atoms with Crippen LogP contribution in [0.2, 0.25) is 0 Å². The van der Waals surface area contributed by atoms with Gasteiger partial charge in [0.15, 0.2) is 5.75 Å². The molecule has 0 aliphatic rings. The van der Waals surface area contributed by atoms with Crippen LogP contribution < -0.4 is 4.72 Å². The largest absolute Gasteiger partial charge is 0.271 e. The zero-order valence-electron chi connectivity index (χ0n) is 8.29. The topological polar surface area (TPSA) is 87.8 Å². The van der Waals surface area contributed by atoms with Gasteiger partial charge in [0.2, 0.25) is 10.0 Å². The van der Waals surface area contributed by atoms with E-state index in [2.05, 4.69) is 9.82 Å². The average Bonchev–Trinajstić information content (AvgIpc) is 2.54. The van der Waals surface area contributed by atoms with E-state index < -0.39 is 15.8 Å². The van der Waals surface area contributed by atoms with E-state index in [1.54, 1.807) is 36.1 Å². The van der Waals surface area contributed by atoms with Crippen molar-refractivity contribution >= 4 is 10.0 Å². The van der Waals surface area contributed by atoms with Crippen LogP contribution in [-0.4, -0.2) is 30.0 Å². The molecule has 7 heteroatoms. The molecule has 0 bridgehead atoms.